The maximum atomic E-state index is 10.3. The number of nitrogens with zero attached hydrogens (tertiary/aromatic N) is 3. The van der Waals surface area contributed by atoms with Crippen molar-refractivity contribution in [2.24, 2.45) is 11.8 Å². The molecule has 1 aromatic heterocycles. The molecule has 1 atom stereocenters. The fourth-order valence-electron chi connectivity index (χ4n) is 4.03. The highest BCUT2D eigenvalue weighted by atomic mass is 16.3. The van der Waals surface area contributed by atoms with Gasteiger partial charge in [-0.05, 0) is 56.1 Å². The summed E-state index contributed by atoms with van der Waals surface area (Å²) in [6.07, 6.45) is 5.74. The molecule has 4 nitrogen and oxygen atoms in total. The van der Waals surface area contributed by atoms with E-state index in [4.69, 9.17) is 9.97 Å². The van der Waals surface area contributed by atoms with E-state index in [1.165, 1.54) is 30.5 Å². The smallest absolute Gasteiger partial charge is 0.165 e. The number of rotatable bonds is 2. The van der Waals surface area contributed by atoms with E-state index in [0.717, 1.165) is 43.2 Å². The fourth-order valence-corrected chi connectivity index (χ4v) is 4.03. The van der Waals surface area contributed by atoms with E-state index in [2.05, 4.69) is 18.7 Å². The lowest BCUT2D eigenvalue weighted by Crippen LogP contribution is -2.35. The highest BCUT2D eigenvalue weighted by Gasteiger charge is 2.27. The number of aromatic nitrogens is 2. The van der Waals surface area contributed by atoms with Gasteiger partial charge in [-0.3, -0.25) is 0 Å². The minimum absolute atomic E-state index is 0.254. The molecule has 1 N–H and O–H groups in total. The number of hydrogen-bond donors (Lipinski definition) is 1. The van der Waals surface area contributed by atoms with Crippen molar-refractivity contribution in [1.29, 1.82) is 0 Å². The first-order valence-corrected chi connectivity index (χ1v) is 9.55. The Kier molecular flexibility index (Phi) is 4.36. The van der Waals surface area contributed by atoms with Gasteiger partial charge < -0.3 is 10.0 Å². The van der Waals surface area contributed by atoms with Crippen molar-refractivity contribution < 1.29 is 5.11 Å². The number of phenolic OH excluding ortho intramolecular Hbond substituents is 1. The van der Waals surface area contributed by atoms with Crippen LogP contribution in [0.2, 0.25) is 0 Å². The zero-order valence-corrected chi connectivity index (χ0v) is 15.2. The molecule has 4 rings (SSSR count). The molecule has 0 amide bonds. The Morgan fingerprint density at radius 3 is 2.52 bits per heavy atom. The topological polar surface area (TPSA) is 49.2 Å². The van der Waals surface area contributed by atoms with E-state index in [-0.39, 0.29) is 5.75 Å². The molecule has 1 aliphatic heterocycles. The van der Waals surface area contributed by atoms with Crippen LogP contribution < -0.4 is 4.90 Å². The Morgan fingerprint density at radius 2 is 1.76 bits per heavy atom. The Hall–Kier alpha value is -2.10. The van der Waals surface area contributed by atoms with Crippen LogP contribution in [0, 0.1) is 11.8 Å². The lowest BCUT2D eigenvalue weighted by atomic mass is 9.87. The molecule has 0 saturated carbocycles. The molecule has 0 bridgehead atoms. The molecule has 132 valence electrons. The molecule has 25 heavy (non-hydrogen) atoms. The largest absolute Gasteiger partial charge is 0.507 e. The second-order valence-corrected chi connectivity index (χ2v) is 7.83. The van der Waals surface area contributed by atoms with E-state index in [1.807, 2.05) is 18.2 Å². The average Bonchev–Trinajstić information content (AvgIpc) is 2.61. The van der Waals surface area contributed by atoms with Crippen LogP contribution in [0.25, 0.3) is 11.4 Å². The second kappa shape index (κ2) is 6.66. The molecule has 4 heteroatoms. The third-order valence-corrected chi connectivity index (χ3v) is 5.73. The predicted molar refractivity (Wildman–Crippen MR) is 101 cm³/mol. The maximum Gasteiger partial charge on any atom is 0.165 e. The summed E-state index contributed by atoms with van der Waals surface area (Å²) in [5.41, 5.74) is 3.25. The van der Waals surface area contributed by atoms with Gasteiger partial charge in [0.2, 0.25) is 0 Å². The molecular weight excluding hydrogens is 310 g/mol. The highest BCUT2D eigenvalue weighted by molar-refractivity contribution is 5.66. The monoisotopic (exact) mass is 337 g/mol. The Balaban J connectivity index is 1.80. The highest BCUT2D eigenvalue weighted by Crippen LogP contribution is 2.35. The molecule has 1 fully saturated rings. The van der Waals surface area contributed by atoms with E-state index in [1.54, 1.807) is 6.07 Å². The normalized spacial score (nSPS) is 21.2. The molecule has 2 aromatic rings. The average molecular weight is 337 g/mol. The first kappa shape index (κ1) is 16.4. The number of anilines is 1. The van der Waals surface area contributed by atoms with Crippen LogP contribution in [0.1, 0.15) is 44.4 Å². The summed E-state index contributed by atoms with van der Waals surface area (Å²) in [5.74, 6) is 3.49. The van der Waals surface area contributed by atoms with Crippen LogP contribution in [-0.2, 0) is 12.8 Å². The van der Waals surface area contributed by atoms with Crippen LogP contribution in [0.5, 0.6) is 5.75 Å². The van der Waals surface area contributed by atoms with E-state index in [9.17, 15) is 5.11 Å². The zero-order chi connectivity index (χ0) is 17.4. The van der Waals surface area contributed by atoms with Crippen molar-refractivity contribution in [1.82, 2.24) is 9.97 Å². The zero-order valence-electron chi connectivity index (χ0n) is 15.2. The Bertz CT molecular complexity index is 766. The van der Waals surface area contributed by atoms with Crippen LogP contribution in [-0.4, -0.2) is 28.2 Å². The summed E-state index contributed by atoms with van der Waals surface area (Å²) < 4.78 is 0. The van der Waals surface area contributed by atoms with Crippen molar-refractivity contribution in [3.05, 3.63) is 35.5 Å². The van der Waals surface area contributed by atoms with Gasteiger partial charge in [0.05, 0.1) is 11.3 Å². The summed E-state index contributed by atoms with van der Waals surface area (Å²) >= 11 is 0. The number of aromatic hydroxyl groups is 1. The standard InChI is InChI=1S/C21H27N3O/c1-14-9-11-24(12-10-14)21-16-8-7-15(2)13-18(16)22-20(23-21)17-5-3-4-6-19(17)25/h3-6,14-15,25H,7-13H2,1-2H3. The molecule has 2 heterocycles. The lowest BCUT2D eigenvalue weighted by Gasteiger charge is -2.34. The molecular formula is C21H27N3O. The number of para-hydroxylation sites is 1. The summed E-state index contributed by atoms with van der Waals surface area (Å²) in [6, 6.07) is 7.39. The molecule has 1 aliphatic carbocycles. The maximum absolute atomic E-state index is 10.3. The van der Waals surface area contributed by atoms with Crippen LogP contribution in [0.4, 0.5) is 5.82 Å². The third kappa shape index (κ3) is 3.22. The lowest BCUT2D eigenvalue weighted by molar-refractivity contribution is 0.433. The third-order valence-electron chi connectivity index (χ3n) is 5.73. The Morgan fingerprint density at radius 1 is 1.00 bits per heavy atom. The number of fused-ring (bicyclic) bond motifs is 1. The van der Waals surface area contributed by atoms with Gasteiger partial charge in [-0.2, -0.15) is 0 Å². The number of benzene rings is 1. The van der Waals surface area contributed by atoms with Crippen LogP contribution in [0.3, 0.4) is 0 Å². The summed E-state index contributed by atoms with van der Waals surface area (Å²) in [7, 11) is 0. The molecule has 1 unspecified atom stereocenters. The van der Waals surface area contributed by atoms with Crippen molar-refractivity contribution in [3.63, 3.8) is 0 Å². The van der Waals surface area contributed by atoms with Gasteiger partial charge in [0, 0.05) is 18.7 Å². The number of phenols is 1. The van der Waals surface area contributed by atoms with Crippen LogP contribution in [0.15, 0.2) is 24.3 Å². The van der Waals surface area contributed by atoms with Gasteiger partial charge in [-0.15, -0.1) is 0 Å². The molecule has 0 spiro atoms. The summed E-state index contributed by atoms with van der Waals surface area (Å²) in [4.78, 5) is 12.3. The van der Waals surface area contributed by atoms with Gasteiger partial charge in [-0.1, -0.05) is 26.0 Å². The second-order valence-electron chi connectivity index (χ2n) is 7.83. The minimum atomic E-state index is 0.254. The van der Waals surface area contributed by atoms with Crippen LogP contribution >= 0.6 is 0 Å². The van der Waals surface area contributed by atoms with Gasteiger partial charge in [0.15, 0.2) is 5.82 Å². The molecule has 1 saturated heterocycles. The Labute approximate surface area is 149 Å². The van der Waals surface area contributed by atoms with Gasteiger partial charge in [0.25, 0.3) is 0 Å². The number of hydrogen-bond acceptors (Lipinski definition) is 4. The van der Waals surface area contributed by atoms with Crippen molar-refractivity contribution >= 4 is 5.82 Å². The molecule has 0 radical (unpaired) electrons. The predicted octanol–water partition coefficient (Wildman–Crippen LogP) is 4.21. The summed E-state index contributed by atoms with van der Waals surface area (Å²) in [5, 5.41) is 10.3. The summed E-state index contributed by atoms with van der Waals surface area (Å²) in [6.45, 7) is 6.77. The minimum Gasteiger partial charge on any atom is -0.507 e. The fraction of sp³-hybridized carbons (Fsp3) is 0.524. The number of piperidine rings is 1. The van der Waals surface area contributed by atoms with Gasteiger partial charge in [0.1, 0.15) is 11.6 Å². The molecule has 1 aromatic carbocycles. The van der Waals surface area contributed by atoms with E-state index in [0.29, 0.717) is 11.7 Å². The van der Waals surface area contributed by atoms with Gasteiger partial charge >= 0.3 is 0 Å². The molecule has 2 aliphatic rings. The van der Waals surface area contributed by atoms with E-state index < -0.39 is 0 Å². The van der Waals surface area contributed by atoms with Crippen molar-refractivity contribution in [2.45, 2.75) is 46.0 Å². The first-order chi connectivity index (χ1) is 12.1. The van der Waals surface area contributed by atoms with Crippen molar-refractivity contribution in [2.75, 3.05) is 18.0 Å². The first-order valence-electron chi connectivity index (χ1n) is 9.55. The van der Waals surface area contributed by atoms with Gasteiger partial charge in [-0.25, -0.2) is 9.97 Å². The van der Waals surface area contributed by atoms with Crippen molar-refractivity contribution in [3.8, 4) is 17.1 Å². The quantitative estimate of drug-likeness (QED) is 0.892. The SMILES string of the molecule is CC1CCN(c2nc(-c3ccccc3O)nc3c2CCC(C)C3)CC1. The van der Waals surface area contributed by atoms with E-state index >= 15 is 0 Å².